The molecular weight excluding hydrogens is 340 g/mol. The molecule has 0 spiro atoms. The second kappa shape index (κ2) is 5.95. The van der Waals surface area contributed by atoms with Crippen molar-refractivity contribution in [3.05, 3.63) is 39.3 Å². The predicted molar refractivity (Wildman–Crippen MR) is 85.0 cm³/mol. The van der Waals surface area contributed by atoms with Gasteiger partial charge in [-0.05, 0) is 53.4 Å². The van der Waals surface area contributed by atoms with Crippen molar-refractivity contribution in [3.8, 4) is 0 Å². The van der Waals surface area contributed by atoms with Gasteiger partial charge in [0.05, 0.1) is 0 Å². The SMILES string of the molecule is Cc1csc(Sc2ccc(CNC3CC3)cc2Br)n1. The van der Waals surface area contributed by atoms with E-state index >= 15 is 0 Å². The van der Waals surface area contributed by atoms with Crippen LogP contribution in [0.15, 0.2) is 37.3 Å². The molecule has 5 heteroatoms. The van der Waals surface area contributed by atoms with Gasteiger partial charge in [0, 0.05) is 33.0 Å². The molecule has 1 fully saturated rings. The van der Waals surface area contributed by atoms with E-state index in [1.54, 1.807) is 23.1 Å². The van der Waals surface area contributed by atoms with Crippen LogP contribution in [-0.4, -0.2) is 11.0 Å². The molecule has 19 heavy (non-hydrogen) atoms. The molecule has 1 aliphatic carbocycles. The van der Waals surface area contributed by atoms with E-state index in [4.69, 9.17) is 0 Å². The minimum atomic E-state index is 0.756. The van der Waals surface area contributed by atoms with Gasteiger partial charge >= 0.3 is 0 Å². The van der Waals surface area contributed by atoms with Crippen LogP contribution in [0, 0.1) is 6.92 Å². The summed E-state index contributed by atoms with van der Waals surface area (Å²) in [6.45, 7) is 2.99. The number of benzene rings is 1. The van der Waals surface area contributed by atoms with E-state index in [2.05, 4.69) is 49.8 Å². The van der Waals surface area contributed by atoms with E-state index in [1.807, 2.05) is 6.92 Å². The highest BCUT2D eigenvalue weighted by Crippen LogP contribution is 2.35. The fraction of sp³-hybridized carbons (Fsp3) is 0.357. The topological polar surface area (TPSA) is 24.9 Å². The van der Waals surface area contributed by atoms with Gasteiger partial charge in [-0.15, -0.1) is 11.3 Å². The Bertz CT molecular complexity index is 579. The molecule has 1 aromatic heterocycles. The number of nitrogens with one attached hydrogen (secondary N) is 1. The van der Waals surface area contributed by atoms with Crippen LogP contribution >= 0.6 is 39.0 Å². The van der Waals surface area contributed by atoms with Crippen molar-refractivity contribution in [3.63, 3.8) is 0 Å². The van der Waals surface area contributed by atoms with Gasteiger partial charge in [-0.3, -0.25) is 0 Å². The van der Waals surface area contributed by atoms with Crippen LogP contribution in [0.3, 0.4) is 0 Å². The Labute approximate surface area is 130 Å². The number of hydrogen-bond acceptors (Lipinski definition) is 4. The summed E-state index contributed by atoms with van der Waals surface area (Å²) in [5.74, 6) is 0. The molecule has 0 saturated heterocycles. The average Bonchev–Trinajstić information content (AvgIpc) is 3.13. The lowest BCUT2D eigenvalue weighted by atomic mass is 10.2. The summed E-state index contributed by atoms with van der Waals surface area (Å²) in [5, 5.41) is 5.62. The minimum Gasteiger partial charge on any atom is -0.310 e. The molecule has 3 rings (SSSR count). The van der Waals surface area contributed by atoms with Crippen molar-refractivity contribution in [1.82, 2.24) is 10.3 Å². The Kier molecular flexibility index (Phi) is 4.27. The zero-order valence-electron chi connectivity index (χ0n) is 10.6. The van der Waals surface area contributed by atoms with Crippen molar-refractivity contribution >= 4 is 39.0 Å². The average molecular weight is 355 g/mol. The molecule has 1 aliphatic rings. The van der Waals surface area contributed by atoms with Crippen molar-refractivity contribution in [2.75, 3.05) is 0 Å². The number of aryl methyl sites for hydroxylation is 1. The Morgan fingerprint density at radius 1 is 1.47 bits per heavy atom. The van der Waals surface area contributed by atoms with E-state index in [0.29, 0.717) is 0 Å². The molecule has 0 amide bonds. The van der Waals surface area contributed by atoms with Gasteiger partial charge in [0.25, 0.3) is 0 Å². The number of aromatic nitrogens is 1. The van der Waals surface area contributed by atoms with E-state index in [0.717, 1.165) is 27.1 Å². The van der Waals surface area contributed by atoms with Crippen molar-refractivity contribution in [2.45, 2.75) is 41.6 Å². The lowest BCUT2D eigenvalue weighted by molar-refractivity contribution is 0.687. The Morgan fingerprint density at radius 3 is 2.95 bits per heavy atom. The number of hydrogen-bond donors (Lipinski definition) is 1. The number of halogens is 1. The van der Waals surface area contributed by atoms with Crippen LogP contribution in [0.2, 0.25) is 0 Å². The zero-order chi connectivity index (χ0) is 13.2. The zero-order valence-corrected chi connectivity index (χ0v) is 13.9. The molecule has 100 valence electrons. The quantitative estimate of drug-likeness (QED) is 0.847. The molecule has 2 nitrogen and oxygen atoms in total. The van der Waals surface area contributed by atoms with E-state index in [9.17, 15) is 0 Å². The normalized spacial score (nSPS) is 14.8. The third kappa shape index (κ3) is 3.81. The van der Waals surface area contributed by atoms with E-state index < -0.39 is 0 Å². The van der Waals surface area contributed by atoms with Crippen LogP contribution in [-0.2, 0) is 6.54 Å². The Morgan fingerprint density at radius 2 is 2.32 bits per heavy atom. The maximum Gasteiger partial charge on any atom is 0.154 e. The van der Waals surface area contributed by atoms with Crippen molar-refractivity contribution < 1.29 is 0 Å². The second-order valence-corrected chi connectivity index (χ2v) is 7.78. The fourth-order valence-electron chi connectivity index (χ4n) is 1.76. The molecule has 0 unspecified atom stereocenters. The summed E-state index contributed by atoms with van der Waals surface area (Å²) in [7, 11) is 0. The highest BCUT2D eigenvalue weighted by Gasteiger charge is 2.20. The van der Waals surface area contributed by atoms with Gasteiger partial charge in [-0.1, -0.05) is 17.8 Å². The van der Waals surface area contributed by atoms with Crippen LogP contribution < -0.4 is 5.32 Å². The molecule has 1 N–H and O–H groups in total. The first-order chi connectivity index (χ1) is 9.20. The van der Waals surface area contributed by atoms with Gasteiger partial charge in [-0.2, -0.15) is 0 Å². The molecule has 0 bridgehead atoms. The summed E-state index contributed by atoms with van der Waals surface area (Å²) in [4.78, 5) is 5.71. The highest BCUT2D eigenvalue weighted by atomic mass is 79.9. The second-order valence-electron chi connectivity index (χ2n) is 4.78. The van der Waals surface area contributed by atoms with Gasteiger partial charge in [0.1, 0.15) is 0 Å². The minimum absolute atomic E-state index is 0.756. The summed E-state index contributed by atoms with van der Waals surface area (Å²) in [5.41, 5.74) is 2.42. The summed E-state index contributed by atoms with van der Waals surface area (Å²) >= 11 is 7.08. The van der Waals surface area contributed by atoms with Crippen molar-refractivity contribution in [2.24, 2.45) is 0 Å². The molecule has 0 radical (unpaired) electrons. The van der Waals surface area contributed by atoms with Crippen LogP contribution in [0.25, 0.3) is 0 Å². The summed E-state index contributed by atoms with van der Waals surface area (Å²) < 4.78 is 2.25. The first kappa shape index (κ1) is 13.6. The van der Waals surface area contributed by atoms with Crippen LogP contribution in [0.5, 0.6) is 0 Å². The molecule has 1 aromatic carbocycles. The predicted octanol–water partition coefficient (Wildman–Crippen LogP) is 4.62. The monoisotopic (exact) mass is 354 g/mol. The third-order valence-electron chi connectivity index (χ3n) is 2.96. The van der Waals surface area contributed by atoms with E-state index in [1.165, 1.54) is 23.3 Å². The highest BCUT2D eigenvalue weighted by molar-refractivity contribution is 9.10. The number of thiazole rings is 1. The molecule has 1 heterocycles. The van der Waals surface area contributed by atoms with Gasteiger partial charge in [-0.25, -0.2) is 4.98 Å². The smallest absolute Gasteiger partial charge is 0.154 e. The van der Waals surface area contributed by atoms with Gasteiger partial charge < -0.3 is 5.32 Å². The Hall–Kier alpha value is -0.360. The first-order valence-electron chi connectivity index (χ1n) is 6.32. The lowest BCUT2D eigenvalue weighted by Gasteiger charge is -2.07. The number of rotatable bonds is 5. The largest absolute Gasteiger partial charge is 0.310 e. The maximum absolute atomic E-state index is 4.49. The molecule has 0 atom stereocenters. The Balaban J connectivity index is 1.67. The molecular formula is C14H15BrN2S2. The van der Waals surface area contributed by atoms with E-state index in [-0.39, 0.29) is 0 Å². The van der Waals surface area contributed by atoms with Crippen molar-refractivity contribution in [1.29, 1.82) is 0 Å². The van der Waals surface area contributed by atoms with Gasteiger partial charge in [0.15, 0.2) is 4.34 Å². The standard InChI is InChI=1S/C14H15BrN2S2/c1-9-8-18-14(17-9)19-13-5-2-10(6-12(13)15)7-16-11-3-4-11/h2,5-6,8,11,16H,3-4,7H2,1H3. The molecule has 1 saturated carbocycles. The third-order valence-corrected chi connectivity index (χ3v) is 6.01. The summed E-state index contributed by atoms with van der Waals surface area (Å²) in [6, 6.07) is 7.34. The lowest BCUT2D eigenvalue weighted by Crippen LogP contribution is -2.15. The first-order valence-corrected chi connectivity index (χ1v) is 8.81. The fourth-order valence-corrected chi connectivity index (χ4v) is 4.23. The molecule has 2 aromatic rings. The maximum atomic E-state index is 4.49. The summed E-state index contributed by atoms with van der Waals surface area (Å²) in [6.07, 6.45) is 2.66. The van der Waals surface area contributed by atoms with Crippen LogP contribution in [0.1, 0.15) is 24.1 Å². The van der Waals surface area contributed by atoms with Crippen LogP contribution in [0.4, 0.5) is 0 Å². The molecule has 0 aliphatic heterocycles. The number of nitrogens with zero attached hydrogens (tertiary/aromatic N) is 1. The van der Waals surface area contributed by atoms with Gasteiger partial charge in [0.2, 0.25) is 0 Å².